The second-order valence-electron chi connectivity index (χ2n) is 12.0. The Kier molecular flexibility index (Phi) is 3.06. The average Bonchev–Trinajstić information content (AvgIpc) is 3.26. The predicted octanol–water partition coefficient (Wildman–Crippen LogP) is 1.26. The quantitative estimate of drug-likeness (QED) is 0.524. The molecule has 0 bridgehead atoms. The van der Waals surface area contributed by atoms with Gasteiger partial charge in [0.25, 0.3) is 0 Å². The van der Waals surface area contributed by atoms with Gasteiger partial charge in [0.05, 0.1) is 10.5 Å². The van der Waals surface area contributed by atoms with E-state index in [1.165, 1.54) is 0 Å². The maximum Gasteiger partial charge on any atom is 0.202 e. The van der Waals surface area contributed by atoms with Gasteiger partial charge in [0.1, 0.15) is 0 Å². The average molecular weight is 443 g/mol. The highest BCUT2D eigenvalue weighted by atomic mass is 32.2. The van der Waals surface area contributed by atoms with E-state index in [1.807, 2.05) is 0 Å². The minimum absolute atomic E-state index is 0.0227. The number of Topliss-reactive ketones (excluding diaryl/α,β-unsaturated/α-hetero) is 4. The third-order valence-electron chi connectivity index (χ3n) is 11.7. The third-order valence-corrected chi connectivity index (χ3v) is 14.5. The zero-order valence-corrected chi connectivity index (χ0v) is 18.0. The molecule has 31 heavy (non-hydrogen) atoms. The lowest BCUT2D eigenvalue weighted by molar-refractivity contribution is -0.161. The number of carbonyl (C=O) groups is 4. The lowest BCUT2D eigenvalue weighted by atomic mass is 9.40. The molecule has 8 aliphatic rings. The molecule has 7 aliphatic carbocycles. The summed E-state index contributed by atoms with van der Waals surface area (Å²) in [5.74, 6) is -1.15. The van der Waals surface area contributed by atoms with Crippen molar-refractivity contribution < 1.29 is 27.6 Å². The second kappa shape index (κ2) is 5.23. The van der Waals surface area contributed by atoms with E-state index in [9.17, 15) is 27.6 Å². The fourth-order valence-corrected chi connectivity index (χ4v) is 14.3. The summed E-state index contributed by atoms with van der Waals surface area (Å²) >= 11 is 0. The molecule has 0 aromatic carbocycles. The first kappa shape index (κ1) is 18.1. The SMILES string of the molecule is O=C1C(=O)C2CC3C4C5C(CCC1C25)C1CCC2C(=O)C(=O)C5CC(C4C1C25)S3(=O)=O. The topological polar surface area (TPSA) is 102 Å². The van der Waals surface area contributed by atoms with Crippen molar-refractivity contribution in [2.24, 2.45) is 71.0 Å². The fraction of sp³-hybridized carbons (Fsp3) is 0.833. The van der Waals surface area contributed by atoms with Crippen LogP contribution in [0.15, 0.2) is 0 Å². The highest BCUT2D eigenvalue weighted by Crippen LogP contribution is 2.73. The van der Waals surface area contributed by atoms with Gasteiger partial charge in [0.15, 0.2) is 9.84 Å². The van der Waals surface area contributed by atoms with Crippen LogP contribution in [0.3, 0.4) is 0 Å². The van der Waals surface area contributed by atoms with Crippen LogP contribution in [0.25, 0.3) is 0 Å². The van der Waals surface area contributed by atoms with Gasteiger partial charge in [-0.1, -0.05) is 0 Å². The molecule has 14 atom stereocenters. The highest BCUT2D eigenvalue weighted by molar-refractivity contribution is 7.93. The monoisotopic (exact) mass is 442 g/mol. The van der Waals surface area contributed by atoms with Gasteiger partial charge in [-0.15, -0.1) is 0 Å². The molecule has 6 nitrogen and oxygen atoms in total. The van der Waals surface area contributed by atoms with Gasteiger partial charge in [0, 0.05) is 23.7 Å². The summed E-state index contributed by atoms with van der Waals surface area (Å²) in [6, 6.07) is 0. The van der Waals surface area contributed by atoms with Crippen LogP contribution in [0.4, 0.5) is 0 Å². The van der Waals surface area contributed by atoms with Crippen LogP contribution in [0.5, 0.6) is 0 Å². The van der Waals surface area contributed by atoms with Crippen LogP contribution in [0.1, 0.15) is 38.5 Å². The summed E-state index contributed by atoms with van der Waals surface area (Å²) < 4.78 is 27.7. The maximum absolute atomic E-state index is 13.9. The van der Waals surface area contributed by atoms with Crippen molar-refractivity contribution in [3.05, 3.63) is 0 Å². The van der Waals surface area contributed by atoms with Gasteiger partial charge in [-0.2, -0.15) is 0 Å². The molecule has 164 valence electrons. The summed E-state index contributed by atoms with van der Waals surface area (Å²) in [5, 5.41) is -1.06. The molecular weight excluding hydrogens is 416 g/mol. The Morgan fingerprint density at radius 1 is 0.484 bits per heavy atom. The molecule has 7 saturated carbocycles. The van der Waals surface area contributed by atoms with Gasteiger partial charge >= 0.3 is 0 Å². The van der Waals surface area contributed by atoms with Crippen LogP contribution < -0.4 is 0 Å². The zero-order valence-electron chi connectivity index (χ0n) is 17.2. The Morgan fingerprint density at radius 2 is 0.871 bits per heavy atom. The molecule has 1 aliphatic heterocycles. The molecule has 0 amide bonds. The van der Waals surface area contributed by atoms with Gasteiger partial charge in [-0.3, -0.25) is 19.2 Å². The van der Waals surface area contributed by atoms with E-state index in [2.05, 4.69) is 0 Å². The molecule has 0 aromatic rings. The number of fused-ring (bicyclic) bond motifs is 1. The van der Waals surface area contributed by atoms with Crippen LogP contribution in [-0.4, -0.2) is 42.1 Å². The Labute approximate surface area is 180 Å². The summed E-state index contributed by atoms with van der Waals surface area (Å²) in [5.41, 5.74) is 0. The molecule has 1 saturated heterocycles. The Balaban J connectivity index is 1.35. The van der Waals surface area contributed by atoms with Crippen LogP contribution in [0, 0.1) is 71.0 Å². The van der Waals surface area contributed by atoms with Crippen molar-refractivity contribution in [1.29, 1.82) is 0 Å². The van der Waals surface area contributed by atoms with E-state index in [4.69, 9.17) is 0 Å². The first-order valence-electron chi connectivity index (χ1n) is 12.2. The van der Waals surface area contributed by atoms with Crippen molar-refractivity contribution in [2.75, 3.05) is 0 Å². The largest absolute Gasteiger partial charge is 0.291 e. The lowest BCUT2D eigenvalue weighted by Gasteiger charge is -2.63. The van der Waals surface area contributed by atoms with Crippen LogP contribution >= 0.6 is 0 Å². The smallest absolute Gasteiger partial charge is 0.202 e. The van der Waals surface area contributed by atoms with E-state index < -0.39 is 32.2 Å². The third kappa shape index (κ3) is 1.72. The Bertz CT molecular complexity index is 1030. The summed E-state index contributed by atoms with van der Waals surface area (Å²) in [4.78, 5) is 51.3. The molecule has 0 spiro atoms. The first-order valence-corrected chi connectivity index (χ1v) is 13.8. The van der Waals surface area contributed by atoms with Crippen LogP contribution in [-0.2, 0) is 29.0 Å². The van der Waals surface area contributed by atoms with Crippen molar-refractivity contribution in [3.63, 3.8) is 0 Å². The van der Waals surface area contributed by atoms with Crippen molar-refractivity contribution in [1.82, 2.24) is 0 Å². The van der Waals surface area contributed by atoms with E-state index in [0.717, 1.165) is 25.7 Å². The highest BCUT2D eigenvalue weighted by Gasteiger charge is 2.76. The first-order chi connectivity index (χ1) is 14.8. The number of sulfone groups is 1. The minimum atomic E-state index is -3.49. The second-order valence-corrected chi connectivity index (χ2v) is 14.4. The molecule has 8 rings (SSSR count). The number of hydrogen-bond acceptors (Lipinski definition) is 6. The predicted molar refractivity (Wildman–Crippen MR) is 106 cm³/mol. The van der Waals surface area contributed by atoms with E-state index in [1.54, 1.807) is 0 Å². The van der Waals surface area contributed by atoms with Gasteiger partial charge < -0.3 is 0 Å². The minimum Gasteiger partial charge on any atom is -0.291 e. The number of hydrogen-bond donors (Lipinski definition) is 0. The summed E-state index contributed by atoms with van der Waals surface area (Å²) in [7, 11) is -3.49. The summed E-state index contributed by atoms with van der Waals surface area (Å²) in [6.45, 7) is 0. The van der Waals surface area contributed by atoms with Gasteiger partial charge in [0.2, 0.25) is 23.1 Å². The fourth-order valence-electron chi connectivity index (χ4n) is 11.3. The Morgan fingerprint density at radius 3 is 1.29 bits per heavy atom. The molecule has 14 unspecified atom stereocenters. The Hall–Kier alpha value is -1.37. The van der Waals surface area contributed by atoms with Crippen molar-refractivity contribution in [2.45, 2.75) is 49.0 Å². The van der Waals surface area contributed by atoms with Gasteiger partial charge in [-0.25, -0.2) is 8.42 Å². The van der Waals surface area contributed by atoms with Crippen molar-refractivity contribution >= 4 is 33.0 Å². The molecule has 8 fully saturated rings. The van der Waals surface area contributed by atoms with Crippen molar-refractivity contribution in [3.8, 4) is 0 Å². The van der Waals surface area contributed by atoms with E-state index in [-0.39, 0.29) is 70.5 Å². The molecular formula is C24H26O6S. The number of rotatable bonds is 0. The lowest BCUT2D eigenvalue weighted by Crippen LogP contribution is -2.61. The normalized spacial score (nSPS) is 61.5. The number of carbonyl (C=O) groups excluding carboxylic acids is 4. The summed E-state index contributed by atoms with van der Waals surface area (Å²) in [6.07, 6.45) is 3.93. The molecule has 1 heterocycles. The maximum atomic E-state index is 13.9. The molecule has 0 aromatic heterocycles. The zero-order chi connectivity index (χ0) is 21.1. The number of ketones is 4. The molecule has 0 radical (unpaired) electrons. The van der Waals surface area contributed by atoms with Crippen LogP contribution in [0.2, 0.25) is 0 Å². The standard InChI is InChI=1S/C24H26O6S/c25-21-9-3-1-7-8-2-4-10-16-12(24(28)22(10)26)6-14-20(18(8)16)19-13(31(14,29)30)5-11(23(21)27)15(9)17(7)19/h7-20H,1-6H2. The van der Waals surface area contributed by atoms with Gasteiger partial charge in [-0.05, 0) is 85.9 Å². The molecule has 0 N–H and O–H groups in total. The van der Waals surface area contributed by atoms with E-state index in [0.29, 0.717) is 24.7 Å². The molecule has 7 heteroatoms. The van der Waals surface area contributed by atoms with E-state index >= 15 is 0 Å².